The van der Waals surface area contributed by atoms with Crippen molar-refractivity contribution in [2.24, 2.45) is 0 Å². The van der Waals surface area contributed by atoms with Crippen molar-refractivity contribution in [2.45, 2.75) is 5.88 Å². The fourth-order valence-corrected chi connectivity index (χ4v) is 1.92. The Balaban J connectivity index is 2.18. The highest BCUT2D eigenvalue weighted by atomic mass is 79.9. The molecule has 0 radical (unpaired) electrons. The number of amides is 1. The van der Waals surface area contributed by atoms with E-state index < -0.39 is 0 Å². The Labute approximate surface area is 118 Å². The molecule has 1 N–H and O–H groups in total. The van der Waals surface area contributed by atoms with Crippen LogP contribution in [0, 0.1) is 0 Å². The van der Waals surface area contributed by atoms with Gasteiger partial charge in [-0.05, 0) is 39.7 Å². The van der Waals surface area contributed by atoms with Gasteiger partial charge in [-0.1, -0.05) is 18.2 Å². The number of nitrogens with one attached hydrogen (secondary N) is 1. The highest BCUT2D eigenvalue weighted by Gasteiger charge is 2.09. The van der Waals surface area contributed by atoms with E-state index in [4.69, 9.17) is 11.6 Å². The van der Waals surface area contributed by atoms with Gasteiger partial charge in [0.05, 0.1) is 0 Å². The Bertz CT molecular complexity index is 557. The zero-order valence-electron chi connectivity index (χ0n) is 9.36. The Morgan fingerprint density at radius 3 is 2.72 bits per heavy atom. The summed E-state index contributed by atoms with van der Waals surface area (Å²) in [5, 5.41) is 2.80. The molecule has 0 spiro atoms. The van der Waals surface area contributed by atoms with Crippen LogP contribution in [0.1, 0.15) is 16.1 Å². The van der Waals surface area contributed by atoms with Gasteiger partial charge in [-0.2, -0.15) is 0 Å². The first-order chi connectivity index (χ1) is 8.70. The number of anilines is 1. The van der Waals surface area contributed by atoms with E-state index in [9.17, 15) is 4.79 Å². The molecule has 1 aromatic carbocycles. The van der Waals surface area contributed by atoms with Gasteiger partial charge in [0.25, 0.3) is 5.91 Å². The third-order valence-corrected chi connectivity index (χ3v) is 3.13. The minimum Gasteiger partial charge on any atom is -0.320 e. The van der Waals surface area contributed by atoms with Gasteiger partial charge in [0.15, 0.2) is 0 Å². The molecule has 2 rings (SSSR count). The number of para-hydroxylation sites is 1. The van der Waals surface area contributed by atoms with Crippen molar-refractivity contribution in [3.05, 3.63) is 58.3 Å². The van der Waals surface area contributed by atoms with Gasteiger partial charge < -0.3 is 5.32 Å². The Morgan fingerprint density at radius 1 is 1.28 bits per heavy atom. The maximum atomic E-state index is 12.0. The van der Waals surface area contributed by atoms with E-state index in [1.54, 1.807) is 18.3 Å². The first kappa shape index (κ1) is 13.1. The fraction of sp³-hybridized carbons (Fsp3) is 0.0769. The molecule has 0 aliphatic carbocycles. The molecule has 1 aromatic heterocycles. The van der Waals surface area contributed by atoms with Crippen LogP contribution >= 0.6 is 27.5 Å². The minimum atomic E-state index is -0.250. The molecule has 0 aliphatic heterocycles. The largest absolute Gasteiger partial charge is 0.320 e. The molecule has 0 atom stereocenters. The van der Waals surface area contributed by atoms with Crippen LogP contribution in [-0.4, -0.2) is 10.9 Å². The van der Waals surface area contributed by atoms with Crippen LogP contribution in [0.15, 0.2) is 47.1 Å². The fourth-order valence-electron chi connectivity index (χ4n) is 1.46. The normalized spacial score (nSPS) is 10.1. The van der Waals surface area contributed by atoms with Crippen molar-refractivity contribution in [1.82, 2.24) is 4.98 Å². The molecule has 18 heavy (non-hydrogen) atoms. The van der Waals surface area contributed by atoms with Gasteiger partial charge in [0.1, 0.15) is 5.69 Å². The van der Waals surface area contributed by atoms with E-state index in [1.807, 2.05) is 24.3 Å². The second-order valence-corrected chi connectivity index (χ2v) is 4.79. The van der Waals surface area contributed by atoms with Crippen LogP contribution in [0.25, 0.3) is 0 Å². The molecule has 1 heterocycles. The Morgan fingerprint density at radius 2 is 2.06 bits per heavy atom. The molecule has 0 unspecified atom stereocenters. The summed E-state index contributed by atoms with van der Waals surface area (Å²) in [5.74, 6) is 0.101. The van der Waals surface area contributed by atoms with Crippen molar-refractivity contribution in [2.75, 3.05) is 5.32 Å². The van der Waals surface area contributed by atoms with Crippen molar-refractivity contribution >= 4 is 39.1 Å². The minimum absolute atomic E-state index is 0.250. The number of alkyl halides is 1. The quantitative estimate of drug-likeness (QED) is 0.871. The molecule has 0 saturated heterocycles. The number of benzene rings is 1. The standard InChI is InChI=1S/C13H10BrClN2O/c14-10-5-6-12(16-8-10)13(18)17-11-4-2-1-3-9(11)7-15/h1-6,8H,7H2,(H,17,18). The van der Waals surface area contributed by atoms with E-state index in [0.717, 1.165) is 10.0 Å². The number of carbonyl (C=O) groups excluding carboxylic acids is 1. The summed E-state index contributed by atoms with van der Waals surface area (Å²) < 4.78 is 0.834. The second-order valence-electron chi connectivity index (χ2n) is 3.61. The molecule has 1 amide bonds. The first-order valence-corrected chi connectivity index (χ1v) is 6.60. The number of rotatable bonds is 3. The smallest absolute Gasteiger partial charge is 0.274 e. The van der Waals surface area contributed by atoms with Crippen molar-refractivity contribution in [3.8, 4) is 0 Å². The summed E-state index contributed by atoms with van der Waals surface area (Å²) in [6.45, 7) is 0. The van der Waals surface area contributed by atoms with Crippen LogP contribution in [0.2, 0.25) is 0 Å². The maximum absolute atomic E-state index is 12.0. The SMILES string of the molecule is O=C(Nc1ccccc1CCl)c1ccc(Br)cn1. The predicted octanol–water partition coefficient (Wildman–Crippen LogP) is 3.84. The number of halogens is 2. The van der Waals surface area contributed by atoms with E-state index in [2.05, 4.69) is 26.2 Å². The number of hydrogen-bond donors (Lipinski definition) is 1. The second kappa shape index (κ2) is 5.98. The number of carbonyl (C=O) groups is 1. The van der Waals surface area contributed by atoms with Gasteiger partial charge in [0, 0.05) is 22.2 Å². The lowest BCUT2D eigenvalue weighted by Crippen LogP contribution is -2.14. The Hall–Kier alpha value is -1.39. The van der Waals surface area contributed by atoms with Crippen LogP contribution in [-0.2, 0) is 5.88 Å². The molecule has 92 valence electrons. The third-order valence-electron chi connectivity index (χ3n) is 2.37. The lowest BCUT2D eigenvalue weighted by molar-refractivity contribution is 0.102. The third kappa shape index (κ3) is 3.09. The topological polar surface area (TPSA) is 42.0 Å². The van der Waals surface area contributed by atoms with Crippen molar-refractivity contribution < 1.29 is 4.79 Å². The molecule has 0 saturated carbocycles. The molecular formula is C13H10BrClN2O. The first-order valence-electron chi connectivity index (χ1n) is 5.27. The van der Waals surface area contributed by atoms with Gasteiger partial charge in [-0.15, -0.1) is 11.6 Å². The summed E-state index contributed by atoms with van der Waals surface area (Å²) in [6.07, 6.45) is 1.59. The van der Waals surface area contributed by atoms with Crippen LogP contribution < -0.4 is 5.32 Å². The number of hydrogen-bond acceptors (Lipinski definition) is 2. The van der Waals surface area contributed by atoms with Crippen molar-refractivity contribution in [1.29, 1.82) is 0 Å². The summed E-state index contributed by atoms with van der Waals surface area (Å²) in [7, 11) is 0. The van der Waals surface area contributed by atoms with Crippen LogP contribution in [0.3, 0.4) is 0 Å². The summed E-state index contributed by atoms with van der Waals surface area (Å²) >= 11 is 9.08. The number of nitrogens with zero attached hydrogens (tertiary/aromatic N) is 1. The van der Waals surface area contributed by atoms with Gasteiger partial charge >= 0.3 is 0 Å². The molecule has 0 aliphatic rings. The lowest BCUT2D eigenvalue weighted by atomic mass is 10.2. The molecule has 5 heteroatoms. The van der Waals surface area contributed by atoms with E-state index in [-0.39, 0.29) is 5.91 Å². The van der Waals surface area contributed by atoms with E-state index in [1.165, 1.54) is 0 Å². The van der Waals surface area contributed by atoms with Crippen molar-refractivity contribution in [3.63, 3.8) is 0 Å². The highest BCUT2D eigenvalue weighted by molar-refractivity contribution is 9.10. The average Bonchev–Trinajstić information content (AvgIpc) is 2.40. The summed E-state index contributed by atoms with van der Waals surface area (Å²) in [4.78, 5) is 16.0. The molecule has 3 nitrogen and oxygen atoms in total. The number of pyridine rings is 1. The molecule has 2 aromatic rings. The number of aromatic nitrogens is 1. The summed E-state index contributed by atoms with van der Waals surface area (Å²) in [5.41, 5.74) is 1.95. The van der Waals surface area contributed by atoms with Crippen LogP contribution in [0.4, 0.5) is 5.69 Å². The van der Waals surface area contributed by atoms with Gasteiger partial charge in [0.2, 0.25) is 0 Å². The lowest BCUT2D eigenvalue weighted by Gasteiger charge is -2.08. The Kier molecular flexibility index (Phi) is 4.33. The monoisotopic (exact) mass is 324 g/mol. The molecule has 0 bridgehead atoms. The zero-order valence-corrected chi connectivity index (χ0v) is 11.7. The molecule has 0 fully saturated rings. The van der Waals surface area contributed by atoms with E-state index >= 15 is 0 Å². The highest BCUT2D eigenvalue weighted by Crippen LogP contribution is 2.18. The van der Waals surface area contributed by atoms with E-state index in [0.29, 0.717) is 17.3 Å². The maximum Gasteiger partial charge on any atom is 0.274 e. The summed E-state index contributed by atoms with van der Waals surface area (Å²) in [6, 6.07) is 10.8. The van der Waals surface area contributed by atoms with Gasteiger partial charge in [-0.3, -0.25) is 4.79 Å². The average molecular weight is 326 g/mol. The van der Waals surface area contributed by atoms with Gasteiger partial charge in [-0.25, -0.2) is 4.98 Å². The zero-order chi connectivity index (χ0) is 13.0. The van der Waals surface area contributed by atoms with Crippen LogP contribution in [0.5, 0.6) is 0 Å². The predicted molar refractivity (Wildman–Crippen MR) is 75.9 cm³/mol. The molecular weight excluding hydrogens is 316 g/mol.